The summed E-state index contributed by atoms with van der Waals surface area (Å²) in [5.41, 5.74) is 5.54. The maximum Gasteiger partial charge on any atom is 0.211 e. The molecule has 0 radical (unpaired) electrons. The Kier molecular flexibility index (Phi) is 1.77. The van der Waals surface area contributed by atoms with Gasteiger partial charge in [0.15, 0.2) is 0 Å². The molecule has 2 aliphatic heterocycles. The van der Waals surface area contributed by atoms with Gasteiger partial charge in [0.05, 0.1) is 24.4 Å². The molecule has 1 aromatic carbocycles. The van der Waals surface area contributed by atoms with Gasteiger partial charge in [-0.2, -0.15) is 0 Å². The second-order valence-electron chi connectivity index (χ2n) is 6.07. The van der Waals surface area contributed by atoms with Crippen molar-refractivity contribution in [3.8, 4) is 0 Å². The fraction of sp³-hybridized carbons (Fsp3) is 0.500. The van der Waals surface area contributed by atoms with Crippen LogP contribution in [0.1, 0.15) is 29.7 Å². The summed E-state index contributed by atoms with van der Waals surface area (Å²) in [5, 5.41) is 1.41. The highest BCUT2D eigenvalue weighted by Crippen LogP contribution is 2.50. The van der Waals surface area contributed by atoms with Crippen LogP contribution >= 0.6 is 0 Å². The van der Waals surface area contributed by atoms with Gasteiger partial charge in [-0.1, -0.05) is 18.2 Å². The molecule has 0 saturated carbocycles. The number of fused-ring (bicyclic) bond motifs is 4. The zero-order valence-electron chi connectivity index (χ0n) is 11.1. The van der Waals surface area contributed by atoms with Crippen LogP contribution in [-0.4, -0.2) is 17.3 Å². The lowest BCUT2D eigenvalue weighted by Crippen LogP contribution is -2.39. The summed E-state index contributed by atoms with van der Waals surface area (Å²) in [6.45, 7) is 3.90. The molecule has 98 valence electrons. The molecule has 0 unspecified atom stereocenters. The second-order valence-corrected chi connectivity index (χ2v) is 6.07. The Hall–Kier alpha value is -1.32. The van der Waals surface area contributed by atoms with Crippen LogP contribution in [0.15, 0.2) is 18.2 Å². The van der Waals surface area contributed by atoms with E-state index in [1.54, 1.807) is 0 Å². The molecule has 1 fully saturated rings. The number of rotatable bonds is 0. The molecule has 2 atom stereocenters. The van der Waals surface area contributed by atoms with Crippen molar-refractivity contribution in [2.75, 3.05) is 6.61 Å². The van der Waals surface area contributed by atoms with Crippen molar-refractivity contribution in [2.45, 2.75) is 44.6 Å². The lowest BCUT2D eigenvalue weighted by atomic mass is 9.90. The molecule has 3 heterocycles. The predicted molar refractivity (Wildman–Crippen MR) is 72.1 cm³/mol. The third kappa shape index (κ3) is 1.12. The first kappa shape index (κ1) is 10.5. The monoisotopic (exact) mass is 255 g/mol. The Balaban J connectivity index is 1.96. The van der Waals surface area contributed by atoms with Crippen LogP contribution < -0.4 is 0 Å². The van der Waals surface area contributed by atoms with E-state index in [-0.39, 0.29) is 6.10 Å². The zero-order chi connectivity index (χ0) is 12.6. The van der Waals surface area contributed by atoms with E-state index in [4.69, 9.17) is 9.47 Å². The van der Waals surface area contributed by atoms with E-state index in [1.165, 1.54) is 27.7 Å². The molecule has 0 amide bonds. The molecule has 0 N–H and O–H groups in total. The summed E-state index contributed by atoms with van der Waals surface area (Å²) in [4.78, 5) is 0. The molecular weight excluding hydrogens is 238 g/mol. The third-order valence-electron chi connectivity index (χ3n) is 4.93. The minimum Gasteiger partial charge on any atom is -0.342 e. The third-order valence-corrected chi connectivity index (χ3v) is 4.93. The standard InChI is InChI=1S/C16H17NO2/c1-10-4-2-5-12-13-6-3-7-16-15(13)17(14(10)12)8-11(19-16)9-18-16/h2,4-5,11H,3,6-9H2,1H3/t11-,16+/m0/s1. The molecule has 19 heavy (non-hydrogen) atoms. The van der Waals surface area contributed by atoms with E-state index < -0.39 is 5.79 Å². The van der Waals surface area contributed by atoms with E-state index in [9.17, 15) is 0 Å². The lowest BCUT2D eigenvalue weighted by Gasteiger charge is -2.37. The first-order valence-corrected chi connectivity index (χ1v) is 7.21. The normalized spacial score (nSPS) is 31.7. The first-order valence-electron chi connectivity index (χ1n) is 7.21. The van der Waals surface area contributed by atoms with E-state index >= 15 is 0 Å². The molecule has 2 bridgehead atoms. The Morgan fingerprint density at radius 1 is 1.37 bits per heavy atom. The van der Waals surface area contributed by atoms with Gasteiger partial charge in [0, 0.05) is 11.8 Å². The number of ether oxygens (including phenoxy) is 2. The van der Waals surface area contributed by atoms with Gasteiger partial charge >= 0.3 is 0 Å². The summed E-state index contributed by atoms with van der Waals surface area (Å²) in [7, 11) is 0. The topological polar surface area (TPSA) is 23.4 Å². The smallest absolute Gasteiger partial charge is 0.211 e. The predicted octanol–water partition coefficient (Wildman–Crippen LogP) is 2.87. The molecule has 1 aliphatic carbocycles. The molecule has 3 heteroatoms. The van der Waals surface area contributed by atoms with Gasteiger partial charge in [-0.25, -0.2) is 0 Å². The average Bonchev–Trinajstić information content (AvgIpc) is 2.90. The van der Waals surface area contributed by atoms with Crippen LogP contribution in [0.3, 0.4) is 0 Å². The summed E-state index contributed by atoms with van der Waals surface area (Å²) in [6.07, 6.45) is 3.55. The van der Waals surface area contributed by atoms with Crippen LogP contribution in [0.4, 0.5) is 0 Å². The fourth-order valence-electron chi connectivity index (χ4n) is 4.26. The van der Waals surface area contributed by atoms with Crippen molar-refractivity contribution in [3.05, 3.63) is 35.0 Å². The SMILES string of the molecule is Cc1cccc2c3c4n(c12)C[C@H]1CO[C@]4(CCC3)O1. The zero-order valence-corrected chi connectivity index (χ0v) is 11.1. The maximum atomic E-state index is 6.22. The molecule has 5 rings (SSSR count). The van der Waals surface area contributed by atoms with Crippen LogP contribution in [0, 0.1) is 6.92 Å². The van der Waals surface area contributed by atoms with E-state index in [0.29, 0.717) is 0 Å². The average molecular weight is 255 g/mol. The van der Waals surface area contributed by atoms with Gasteiger partial charge in [-0.05, 0) is 30.9 Å². The Morgan fingerprint density at radius 3 is 3.26 bits per heavy atom. The molecule has 1 spiro atoms. The van der Waals surface area contributed by atoms with Crippen molar-refractivity contribution in [3.63, 3.8) is 0 Å². The van der Waals surface area contributed by atoms with Gasteiger partial charge in [-0.3, -0.25) is 0 Å². The molecular formula is C16H17NO2. The number of nitrogens with zero attached hydrogens (tertiary/aromatic N) is 1. The minimum absolute atomic E-state index is 0.230. The number of hydrogen-bond acceptors (Lipinski definition) is 2. The molecule has 3 nitrogen and oxygen atoms in total. The highest BCUT2D eigenvalue weighted by atomic mass is 16.7. The maximum absolute atomic E-state index is 6.22. The number of aryl methyl sites for hydroxylation is 2. The first-order chi connectivity index (χ1) is 9.28. The Morgan fingerprint density at radius 2 is 2.32 bits per heavy atom. The van der Waals surface area contributed by atoms with Gasteiger partial charge < -0.3 is 14.0 Å². The van der Waals surface area contributed by atoms with Gasteiger partial charge in [0.25, 0.3) is 0 Å². The summed E-state index contributed by atoms with van der Waals surface area (Å²) >= 11 is 0. The quantitative estimate of drug-likeness (QED) is 0.722. The van der Waals surface area contributed by atoms with Gasteiger partial charge in [-0.15, -0.1) is 0 Å². The highest BCUT2D eigenvalue weighted by molar-refractivity contribution is 5.89. The summed E-state index contributed by atoms with van der Waals surface area (Å²) in [6, 6.07) is 6.64. The molecule has 2 aromatic rings. The number of para-hydroxylation sites is 1. The van der Waals surface area contributed by atoms with Crippen molar-refractivity contribution in [1.82, 2.24) is 4.57 Å². The lowest BCUT2D eigenvalue weighted by molar-refractivity contribution is -0.201. The van der Waals surface area contributed by atoms with Crippen molar-refractivity contribution >= 4 is 10.9 Å². The second kappa shape index (κ2) is 3.22. The Bertz CT molecular complexity index is 698. The summed E-state index contributed by atoms with van der Waals surface area (Å²) in [5.74, 6) is -0.429. The minimum atomic E-state index is -0.429. The van der Waals surface area contributed by atoms with Gasteiger partial charge in [0.1, 0.15) is 6.10 Å². The van der Waals surface area contributed by atoms with Crippen molar-refractivity contribution in [2.24, 2.45) is 0 Å². The van der Waals surface area contributed by atoms with Gasteiger partial charge in [0.2, 0.25) is 5.79 Å². The van der Waals surface area contributed by atoms with Crippen LogP contribution in [0.2, 0.25) is 0 Å². The highest BCUT2D eigenvalue weighted by Gasteiger charge is 2.52. The van der Waals surface area contributed by atoms with Crippen LogP contribution in [-0.2, 0) is 28.2 Å². The Labute approximate surface area is 112 Å². The number of hydrogen-bond donors (Lipinski definition) is 0. The number of aromatic nitrogens is 1. The largest absolute Gasteiger partial charge is 0.342 e. The molecule has 1 aromatic heterocycles. The summed E-state index contributed by atoms with van der Waals surface area (Å²) < 4.78 is 14.8. The van der Waals surface area contributed by atoms with Crippen LogP contribution in [0.5, 0.6) is 0 Å². The molecule has 3 aliphatic rings. The van der Waals surface area contributed by atoms with E-state index in [1.807, 2.05) is 0 Å². The molecule has 1 saturated heterocycles. The number of benzene rings is 1. The fourth-order valence-corrected chi connectivity index (χ4v) is 4.26. The van der Waals surface area contributed by atoms with Crippen molar-refractivity contribution < 1.29 is 9.47 Å². The van der Waals surface area contributed by atoms with Crippen LogP contribution in [0.25, 0.3) is 10.9 Å². The van der Waals surface area contributed by atoms with E-state index in [2.05, 4.69) is 29.7 Å². The van der Waals surface area contributed by atoms with Crippen molar-refractivity contribution in [1.29, 1.82) is 0 Å². The van der Waals surface area contributed by atoms with E-state index in [0.717, 1.165) is 32.4 Å².